The van der Waals surface area contributed by atoms with Crippen LogP contribution in [-0.4, -0.2) is 17.0 Å². The molecule has 0 aromatic heterocycles. The van der Waals surface area contributed by atoms with E-state index >= 15 is 0 Å². The maximum atomic E-state index is 13.1. The lowest BCUT2D eigenvalue weighted by atomic mass is 9.44. The lowest BCUT2D eigenvalue weighted by molar-refractivity contribution is -0.144. The number of fused-ring (bicyclic) bond motifs is 7. The fourth-order valence-corrected chi connectivity index (χ4v) is 8.98. The molecule has 8 atom stereocenters. The Labute approximate surface area is 164 Å². The first-order valence-corrected chi connectivity index (χ1v) is 11.4. The highest BCUT2D eigenvalue weighted by molar-refractivity contribution is 5.85. The SMILES string of the molecule is CC(=O)C12CC=CC[C@@H]1C[C@H]1C3CC=C4CC(O)CC[C@]4(C)C3CC[C@@]12C. The molecule has 2 heteroatoms. The summed E-state index contributed by atoms with van der Waals surface area (Å²) in [6, 6.07) is 0. The molecule has 1 N–H and O–H groups in total. The number of rotatable bonds is 1. The molecule has 5 rings (SSSR count). The first-order chi connectivity index (χ1) is 12.8. The van der Waals surface area contributed by atoms with Crippen molar-refractivity contribution in [3.8, 4) is 0 Å². The molecule has 5 aliphatic carbocycles. The maximum Gasteiger partial charge on any atom is 0.137 e. The van der Waals surface area contributed by atoms with Crippen LogP contribution in [0.1, 0.15) is 78.6 Å². The van der Waals surface area contributed by atoms with Crippen LogP contribution >= 0.6 is 0 Å². The van der Waals surface area contributed by atoms with Crippen LogP contribution in [0.2, 0.25) is 0 Å². The van der Waals surface area contributed by atoms with Gasteiger partial charge in [-0.25, -0.2) is 0 Å². The lowest BCUT2D eigenvalue weighted by Gasteiger charge is -2.60. The Kier molecular flexibility index (Phi) is 3.91. The van der Waals surface area contributed by atoms with Crippen LogP contribution < -0.4 is 0 Å². The van der Waals surface area contributed by atoms with Gasteiger partial charge in [-0.1, -0.05) is 37.6 Å². The van der Waals surface area contributed by atoms with Crippen molar-refractivity contribution in [2.75, 3.05) is 0 Å². The number of hydrogen-bond acceptors (Lipinski definition) is 2. The number of aliphatic hydroxyl groups is 1. The molecule has 4 unspecified atom stereocenters. The van der Waals surface area contributed by atoms with Gasteiger partial charge in [-0.3, -0.25) is 4.79 Å². The molecular weight excluding hydrogens is 332 g/mol. The molecule has 0 heterocycles. The number of carbonyl (C=O) groups excluding carboxylic acids is 1. The summed E-state index contributed by atoms with van der Waals surface area (Å²) < 4.78 is 0. The Morgan fingerprint density at radius 3 is 2.70 bits per heavy atom. The second kappa shape index (κ2) is 5.81. The second-order valence-electron chi connectivity index (χ2n) is 11.0. The summed E-state index contributed by atoms with van der Waals surface area (Å²) in [4.78, 5) is 13.1. The molecule has 0 spiro atoms. The Balaban J connectivity index is 1.54. The molecule has 5 aliphatic rings. The smallest absolute Gasteiger partial charge is 0.137 e. The van der Waals surface area contributed by atoms with Gasteiger partial charge >= 0.3 is 0 Å². The van der Waals surface area contributed by atoms with Crippen LogP contribution in [0.5, 0.6) is 0 Å². The van der Waals surface area contributed by atoms with Crippen LogP contribution in [0.3, 0.4) is 0 Å². The van der Waals surface area contributed by atoms with Gasteiger partial charge in [-0.2, -0.15) is 0 Å². The van der Waals surface area contributed by atoms with E-state index < -0.39 is 0 Å². The molecule has 2 nitrogen and oxygen atoms in total. The van der Waals surface area contributed by atoms with Gasteiger partial charge in [0.05, 0.1) is 6.10 Å². The highest BCUT2D eigenvalue weighted by atomic mass is 16.3. The third-order valence-corrected chi connectivity index (χ3v) is 10.4. The highest BCUT2D eigenvalue weighted by Gasteiger charge is 2.68. The monoisotopic (exact) mass is 368 g/mol. The van der Waals surface area contributed by atoms with Crippen molar-refractivity contribution in [2.24, 2.45) is 39.9 Å². The van der Waals surface area contributed by atoms with E-state index in [1.54, 1.807) is 5.57 Å². The van der Waals surface area contributed by atoms with Crippen molar-refractivity contribution in [3.63, 3.8) is 0 Å². The Hall–Kier alpha value is -0.890. The van der Waals surface area contributed by atoms with Gasteiger partial charge in [0.1, 0.15) is 5.78 Å². The molecule has 27 heavy (non-hydrogen) atoms. The van der Waals surface area contributed by atoms with Crippen LogP contribution in [0.15, 0.2) is 23.8 Å². The minimum Gasteiger partial charge on any atom is -0.393 e. The van der Waals surface area contributed by atoms with Crippen LogP contribution in [0, 0.1) is 39.9 Å². The summed E-state index contributed by atoms with van der Waals surface area (Å²) in [5.41, 5.74) is 1.90. The molecule has 0 aromatic rings. The second-order valence-corrected chi connectivity index (χ2v) is 11.0. The largest absolute Gasteiger partial charge is 0.393 e. The molecule has 3 fully saturated rings. The first kappa shape index (κ1) is 18.2. The van der Waals surface area contributed by atoms with E-state index in [-0.39, 0.29) is 16.9 Å². The van der Waals surface area contributed by atoms with Gasteiger partial charge in [-0.15, -0.1) is 0 Å². The quantitative estimate of drug-likeness (QED) is 0.624. The van der Waals surface area contributed by atoms with Gasteiger partial charge in [0.2, 0.25) is 0 Å². The van der Waals surface area contributed by atoms with Gasteiger partial charge in [-0.05, 0) is 99.2 Å². The first-order valence-electron chi connectivity index (χ1n) is 11.4. The number of aliphatic hydroxyl groups excluding tert-OH is 1. The van der Waals surface area contributed by atoms with Crippen molar-refractivity contribution in [2.45, 2.75) is 84.7 Å². The van der Waals surface area contributed by atoms with Crippen LogP contribution in [-0.2, 0) is 4.79 Å². The van der Waals surface area contributed by atoms with Crippen molar-refractivity contribution >= 4 is 5.78 Å². The summed E-state index contributed by atoms with van der Waals surface area (Å²) in [5, 5.41) is 10.2. The third-order valence-electron chi connectivity index (χ3n) is 10.4. The van der Waals surface area contributed by atoms with Crippen molar-refractivity contribution in [1.82, 2.24) is 0 Å². The van der Waals surface area contributed by atoms with Gasteiger partial charge in [0, 0.05) is 5.41 Å². The molecular formula is C25H36O2. The molecule has 3 saturated carbocycles. The van der Waals surface area contributed by atoms with E-state index in [0.717, 1.165) is 43.9 Å². The average molecular weight is 369 g/mol. The van der Waals surface area contributed by atoms with Crippen LogP contribution in [0.4, 0.5) is 0 Å². The number of carbonyl (C=O) groups is 1. The fourth-order valence-electron chi connectivity index (χ4n) is 8.98. The van der Waals surface area contributed by atoms with E-state index in [1.165, 1.54) is 25.7 Å². The van der Waals surface area contributed by atoms with Gasteiger partial charge < -0.3 is 5.11 Å². The van der Waals surface area contributed by atoms with Crippen LogP contribution in [0.25, 0.3) is 0 Å². The Bertz CT molecular complexity index is 720. The zero-order valence-corrected chi connectivity index (χ0v) is 17.3. The van der Waals surface area contributed by atoms with E-state index in [9.17, 15) is 9.90 Å². The highest BCUT2D eigenvalue weighted by Crippen LogP contribution is 2.73. The third kappa shape index (κ3) is 2.14. The fraction of sp³-hybridized carbons (Fsp3) is 0.800. The summed E-state index contributed by atoms with van der Waals surface area (Å²) in [6.45, 7) is 6.86. The predicted molar refractivity (Wildman–Crippen MR) is 108 cm³/mol. The number of allylic oxidation sites excluding steroid dienone is 3. The standard InChI is InChI=1S/C25H36O2/c1-16(26)25-11-5-4-6-18(25)15-22-20-8-7-17-14-19(27)9-12-23(17,2)21(20)10-13-24(22,25)3/h4-5,7,18-22,27H,6,8-15H2,1-3H3/t18-,19?,20?,21?,22+,23+,24+,25?/m1/s1. The zero-order valence-electron chi connectivity index (χ0n) is 17.3. The molecule has 0 bridgehead atoms. The maximum absolute atomic E-state index is 13.1. The summed E-state index contributed by atoms with van der Waals surface area (Å²) in [6.07, 6.45) is 17.0. The van der Waals surface area contributed by atoms with Crippen molar-refractivity contribution < 1.29 is 9.90 Å². The van der Waals surface area contributed by atoms with Gasteiger partial charge in [0.25, 0.3) is 0 Å². The number of ketones is 1. The summed E-state index contributed by atoms with van der Waals surface area (Å²) in [5.74, 6) is 3.18. The normalized spacial score (nSPS) is 53.6. The zero-order chi connectivity index (χ0) is 19.0. The van der Waals surface area contributed by atoms with Crippen molar-refractivity contribution in [3.05, 3.63) is 23.8 Å². The molecule has 0 radical (unpaired) electrons. The predicted octanol–water partition coefficient (Wildman–Crippen LogP) is 5.46. The molecule has 0 amide bonds. The molecule has 0 aromatic carbocycles. The summed E-state index contributed by atoms with van der Waals surface area (Å²) in [7, 11) is 0. The van der Waals surface area contributed by atoms with E-state index in [2.05, 4.69) is 32.1 Å². The van der Waals surface area contributed by atoms with E-state index in [1.807, 2.05) is 6.92 Å². The minimum atomic E-state index is -0.129. The Morgan fingerprint density at radius 1 is 1.11 bits per heavy atom. The number of hydrogen-bond donors (Lipinski definition) is 1. The lowest BCUT2D eigenvalue weighted by Crippen LogP contribution is -2.54. The molecule has 0 saturated heterocycles. The molecule has 0 aliphatic heterocycles. The topological polar surface area (TPSA) is 37.3 Å². The summed E-state index contributed by atoms with van der Waals surface area (Å²) >= 11 is 0. The Morgan fingerprint density at radius 2 is 1.93 bits per heavy atom. The minimum absolute atomic E-state index is 0.106. The number of Topliss-reactive ketones (excluding diaryl/α,β-unsaturated/α-hetero) is 1. The molecule has 148 valence electrons. The van der Waals surface area contributed by atoms with Crippen molar-refractivity contribution in [1.29, 1.82) is 0 Å². The average Bonchev–Trinajstić information content (AvgIpc) is 2.92. The van der Waals surface area contributed by atoms with E-state index in [4.69, 9.17) is 0 Å². The van der Waals surface area contributed by atoms with Gasteiger partial charge in [0.15, 0.2) is 0 Å². The van der Waals surface area contributed by atoms with E-state index in [0.29, 0.717) is 23.0 Å².